The Hall–Kier alpha value is -3.09. The first kappa shape index (κ1) is 69.9. The van der Waals surface area contributed by atoms with Gasteiger partial charge in [0.15, 0.2) is 0 Å². The van der Waals surface area contributed by atoms with E-state index in [2.05, 4.69) is 48.1 Å². The summed E-state index contributed by atoms with van der Waals surface area (Å²) in [6.07, 6.45) is -3.83. The van der Waals surface area contributed by atoms with E-state index < -0.39 is 109 Å². The van der Waals surface area contributed by atoms with Gasteiger partial charge in [-0.05, 0) is 143 Å². The summed E-state index contributed by atoms with van der Waals surface area (Å²) in [6.45, 7) is 13.6. The maximum Gasteiger partial charge on any atom is 0.453 e. The van der Waals surface area contributed by atoms with Crippen molar-refractivity contribution in [2.75, 3.05) is 46.9 Å². The Kier molecular flexibility index (Phi) is 25.8. The third-order valence-electron chi connectivity index (χ3n) is 14.0. The number of ether oxygens (including phenoxy) is 3. The molecule has 4 unspecified atom stereocenters. The minimum atomic E-state index is -6.10. The van der Waals surface area contributed by atoms with Crippen molar-refractivity contribution in [1.82, 2.24) is 4.90 Å². The number of nitrogens with zero attached hydrogens (tertiary/aromatic N) is 3. The van der Waals surface area contributed by atoms with E-state index in [1.54, 1.807) is 6.92 Å². The van der Waals surface area contributed by atoms with Gasteiger partial charge in [0.2, 0.25) is 0 Å². The summed E-state index contributed by atoms with van der Waals surface area (Å²) in [5.74, 6) is -18.3. The molecular weight excluding hydrogens is 1160 g/mol. The Bertz CT molecular complexity index is 2000. The number of esters is 3. The number of alkyl halides is 11. The number of hydrogen-bond donors (Lipinski definition) is 2. The average Bonchev–Trinajstić information content (AvgIpc) is 3.19. The Morgan fingerprint density at radius 3 is 1.51 bits per heavy atom. The van der Waals surface area contributed by atoms with Crippen LogP contribution in [0.2, 0.25) is 0 Å². The lowest BCUT2D eigenvalue weighted by molar-refractivity contribution is -0.301. The highest BCUT2D eigenvalue weighted by molar-refractivity contribution is 5.88. The number of aliphatic carboxylic acids is 1. The van der Waals surface area contributed by atoms with Gasteiger partial charge in [-0.3, -0.25) is 9.59 Å². The Labute approximate surface area is 454 Å². The van der Waals surface area contributed by atoms with Crippen molar-refractivity contribution in [3.05, 3.63) is 24.3 Å². The monoisotopic (exact) mass is 1230 g/mol. The molecule has 25 heteroatoms. The molecule has 4 atom stereocenters. The Balaban J connectivity index is 0.000000554. The zero-order chi connectivity index (χ0) is 55.6. The van der Waals surface area contributed by atoms with E-state index in [1.165, 1.54) is 6.92 Å². The lowest BCUT2D eigenvalue weighted by Gasteiger charge is -2.59. The highest BCUT2D eigenvalue weighted by atomic mass is 127. The molecule has 8 rings (SSSR count). The Morgan fingerprint density at radius 2 is 1.13 bits per heavy atom. The second kappa shape index (κ2) is 27.7. The topological polar surface area (TPSA) is 164 Å². The number of aliphatic imine (C=N–C) groups is 2. The quantitative estimate of drug-likeness (QED) is 0.0229. The molecule has 12 nitrogen and oxygen atoms in total. The minimum absolute atomic E-state index is 0. The van der Waals surface area contributed by atoms with Gasteiger partial charge in [0.25, 0.3) is 17.8 Å². The summed E-state index contributed by atoms with van der Waals surface area (Å²) in [6, 6.07) is 2.64. The van der Waals surface area contributed by atoms with Crippen molar-refractivity contribution in [2.24, 2.45) is 44.5 Å². The van der Waals surface area contributed by atoms with E-state index in [9.17, 15) is 72.6 Å². The minimum Gasteiger partial charge on any atom is -1.00 e. The number of aliphatic hydroxyl groups is 1. The highest BCUT2D eigenvalue weighted by Gasteiger charge is 2.65. The summed E-state index contributed by atoms with van der Waals surface area (Å²) in [7, 11) is 4.12. The van der Waals surface area contributed by atoms with Crippen LogP contribution in [0.1, 0.15) is 137 Å². The first-order valence-corrected chi connectivity index (χ1v) is 24.5. The molecule has 8 aliphatic carbocycles. The molecule has 0 aromatic heterocycles. The summed E-state index contributed by atoms with van der Waals surface area (Å²) in [5.41, 5.74) is -2.53. The molecule has 0 aliphatic heterocycles. The third-order valence-corrected chi connectivity index (χ3v) is 14.0. The van der Waals surface area contributed by atoms with Crippen LogP contribution in [0, 0.1) is 34.5 Å². The highest BCUT2D eigenvalue weighted by Crippen LogP contribution is 2.64. The van der Waals surface area contributed by atoms with E-state index in [4.69, 9.17) is 19.3 Å². The number of carbonyl (C=O) groups is 4. The van der Waals surface area contributed by atoms with Crippen LogP contribution in [-0.4, -0.2) is 133 Å². The van der Waals surface area contributed by atoms with E-state index in [-0.39, 0.29) is 66.2 Å². The number of aliphatic hydroxyl groups excluding tert-OH is 1. The molecule has 434 valence electrons. The van der Waals surface area contributed by atoms with Crippen molar-refractivity contribution < 1.29 is 116 Å². The molecule has 8 bridgehead atoms. The molecule has 0 spiro atoms. The maximum atomic E-state index is 13.7. The largest absolute Gasteiger partial charge is 1.00 e. The molecule has 2 N–H and O–H groups in total. The van der Waals surface area contributed by atoms with Crippen LogP contribution < -0.4 is 24.0 Å². The van der Waals surface area contributed by atoms with Crippen LogP contribution >= 0.6 is 12.4 Å². The first-order chi connectivity index (χ1) is 33.4. The van der Waals surface area contributed by atoms with Gasteiger partial charge < -0.3 is 53.3 Å². The van der Waals surface area contributed by atoms with Gasteiger partial charge in [-0.2, -0.15) is 22.0 Å². The van der Waals surface area contributed by atoms with Gasteiger partial charge in [0.05, 0.1) is 42.8 Å². The second-order valence-electron chi connectivity index (χ2n) is 21.8. The molecule has 8 aliphatic rings. The van der Waals surface area contributed by atoms with Crippen LogP contribution in [0.15, 0.2) is 34.3 Å². The van der Waals surface area contributed by atoms with Crippen molar-refractivity contribution in [2.45, 2.75) is 178 Å². The maximum absolute atomic E-state index is 13.7. The lowest BCUT2D eigenvalue weighted by atomic mass is 9.48. The molecular formula is C50H73ClF11IN3O9-. The summed E-state index contributed by atoms with van der Waals surface area (Å²) in [4.78, 5) is 58.4. The van der Waals surface area contributed by atoms with Gasteiger partial charge >= 0.3 is 36.0 Å². The smallest absolute Gasteiger partial charge is 0.453 e. The second-order valence-corrected chi connectivity index (χ2v) is 21.8. The van der Waals surface area contributed by atoms with Crippen LogP contribution in [-0.2, 0) is 33.4 Å². The molecule has 0 radical (unpaired) electrons. The van der Waals surface area contributed by atoms with Crippen LogP contribution in [0.5, 0.6) is 0 Å². The summed E-state index contributed by atoms with van der Waals surface area (Å²) < 4.78 is 155. The molecule has 0 aromatic rings. The first-order valence-electron chi connectivity index (χ1n) is 24.5. The number of halogens is 13. The fraction of sp³-hybridized carbons (Fsp3) is 0.820. The van der Waals surface area contributed by atoms with E-state index >= 15 is 0 Å². The third kappa shape index (κ3) is 20.9. The number of carbonyl (C=O) groups excluding carboxylic acids is 3. The van der Waals surface area contributed by atoms with Gasteiger partial charge in [0.1, 0.15) is 11.2 Å². The van der Waals surface area contributed by atoms with Crippen molar-refractivity contribution in [3.8, 4) is 0 Å². The summed E-state index contributed by atoms with van der Waals surface area (Å²) >= 11 is 0. The van der Waals surface area contributed by atoms with Gasteiger partial charge in [-0.15, -0.1) is 12.4 Å². The number of hydrogen-bond acceptors (Lipinski definition) is 11. The van der Waals surface area contributed by atoms with Crippen molar-refractivity contribution >= 4 is 42.3 Å². The standard InChI is InChI=1S/C21H25F7O4.C15H20O4.C8H17N3.C6H10F4O.ClH.HI/c1-12(2)15(29)32-18-8-13-5-14(9-18)7-17(6-13,10-18)16(30)31-4-3-19(22,23)11-20(24,25)21(26,27)28;1-9(2)12(16)19-15-6-10-3-11(7-15)5-14(4-10,8-15)13(17)18;1-4-9-8-10-6-5-7-11(2)3;1-5(7,8)4-6(9,10)2-3-11;;/h13-14H,1,3-11H2,2H3;10-11H,1,3-8H2,2H3,(H,17,18);4-7H2,1-3H3;11H,2-4H2,1H3;2*1H/p-1. The zero-order valence-electron chi connectivity index (χ0n) is 43.3. The van der Waals surface area contributed by atoms with E-state index in [0.29, 0.717) is 56.4 Å². The fourth-order valence-electron chi connectivity index (χ4n) is 12.0. The molecule has 0 amide bonds. The number of carboxylic acid groups (broad SMARTS) is 1. The van der Waals surface area contributed by atoms with Crippen molar-refractivity contribution in [3.63, 3.8) is 0 Å². The molecule has 8 fully saturated rings. The number of rotatable bonds is 20. The molecule has 0 heterocycles. The van der Waals surface area contributed by atoms with Crippen LogP contribution in [0.4, 0.5) is 48.3 Å². The Morgan fingerprint density at radius 1 is 0.707 bits per heavy atom. The molecule has 0 saturated heterocycles. The van der Waals surface area contributed by atoms with Gasteiger partial charge in [-0.25, -0.2) is 45.9 Å². The van der Waals surface area contributed by atoms with Gasteiger partial charge in [0, 0.05) is 50.0 Å². The zero-order valence-corrected chi connectivity index (χ0v) is 46.3. The van der Waals surface area contributed by atoms with Gasteiger partial charge in [-0.1, -0.05) is 13.2 Å². The van der Waals surface area contributed by atoms with Crippen LogP contribution in [0.25, 0.3) is 0 Å². The lowest BCUT2D eigenvalue weighted by Crippen LogP contribution is -3.00. The molecule has 8 saturated carbocycles. The fourth-order valence-corrected chi connectivity index (χ4v) is 12.0. The molecule has 75 heavy (non-hydrogen) atoms. The van der Waals surface area contributed by atoms with E-state index in [1.807, 2.05) is 6.92 Å². The predicted molar refractivity (Wildman–Crippen MR) is 253 cm³/mol. The van der Waals surface area contributed by atoms with Crippen LogP contribution in [0.3, 0.4) is 0 Å². The van der Waals surface area contributed by atoms with E-state index in [0.717, 1.165) is 64.6 Å². The SMILES string of the molecule is C=C(C)C(=O)OC12CC3CC(C1)CC(C(=O)O)(C3)C2.C=C(C)C(=O)OC12CC3CC(C1)CC(C(=O)OCCC(F)(F)CC(F)(F)C(F)(F)F)(C3)C2.CC(F)(F)CC(F)(F)CCO.CCN=C=NCCCN(C)C.Cl.[I-]. The summed E-state index contributed by atoms with van der Waals surface area (Å²) in [5, 5.41) is 17.7. The predicted octanol–water partition coefficient (Wildman–Crippen LogP) is 8.74. The van der Waals surface area contributed by atoms with Crippen molar-refractivity contribution in [1.29, 1.82) is 0 Å². The molecule has 0 aromatic carbocycles. The normalized spacial score (nSPS) is 27.9. The number of carboxylic acids is 1. The average molecular weight is 1230 g/mol.